The third-order valence-electron chi connectivity index (χ3n) is 3.21. The molecule has 0 spiro atoms. The fourth-order valence-corrected chi connectivity index (χ4v) is 2.23. The third kappa shape index (κ3) is 3.60. The van der Waals surface area contributed by atoms with Gasteiger partial charge in [0, 0.05) is 13.1 Å². The summed E-state index contributed by atoms with van der Waals surface area (Å²) in [6.45, 7) is 4.27. The minimum atomic E-state index is -0.288. The van der Waals surface area contributed by atoms with Gasteiger partial charge in [-0.05, 0) is 44.1 Å². The monoisotopic (exact) mass is 237 g/mol. The Bertz CT molecular complexity index is 362. The van der Waals surface area contributed by atoms with E-state index in [-0.39, 0.29) is 5.82 Å². The van der Waals surface area contributed by atoms with Crippen molar-refractivity contribution in [1.82, 2.24) is 4.90 Å². The van der Waals surface area contributed by atoms with Gasteiger partial charge in [0.15, 0.2) is 0 Å². The van der Waals surface area contributed by atoms with Crippen LogP contribution < -0.4 is 11.1 Å². The highest BCUT2D eigenvalue weighted by atomic mass is 19.1. The summed E-state index contributed by atoms with van der Waals surface area (Å²) in [6, 6.07) is 4.48. The van der Waals surface area contributed by atoms with Crippen molar-refractivity contribution >= 4 is 11.4 Å². The Morgan fingerprint density at radius 2 is 2.00 bits per heavy atom. The molecule has 17 heavy (non-hydrogen) atoms. The highest BCUT2D eigenvalue weighted by Crippen LogP contribution is 2.18. The molecular formula is C13H20FN3. The van der Waals surface area contributed by atoms with Gasteiger partial charge in [0.25, 0.3) is 0 Å². The van der Waals surface area contributed by atoms with E-state index in [2.05, 4.69) is 10.2 Å². The number of nitrogens with zero attached hydrogens (tertiary/aromatic N) is 1. The van der Waals surface area contributed by atoms with Crippen LogP contribution in [-0.4, -0.2) is 31.1 Å². The number of halogens is 1. The standard InChI is InChI=1S/C13H20FN3/c14-11-4-5-13(12(15)10-11)16-6-9-17-7-2-1-3-8-17/h4-5,10,16H,1-3,6-9,15H2. The minimum Gasteiger partial charge on any atom is -0.397 e. The summed E-state index contributed by atoms with van der Waals surface area (Å²) in [5.74, 6) is -0.288. The van der Waals surface area contributed by atoms with Crippen LogP contribution in [-0.2, 0) is 0 Å². The summed E-state index contributed by atoms with van der Waals surface area (Å²) in [5, 5.41) is 3.25. The van der Waals surface area contributed by atoms with Crippen LogP contribution in [0.4, 0.5) is 15.8 Å². The van der Waals surface area contributed by atoms with Gasteiger partial charge in [0.1, 0.15) is 5.82 Å². The molecule has 94 valence electrons. The van der Waals surface area contributed by atoms with Gasteiger partial charge in [-0.1, -0.05) is 6.42 Å². The van der Waals surface area contributed by atoms with Gasteiger partial charge in [-0.15, -0.1) is 0 Å². The molecule has 2 rings (SSSR count). The molecule has 0 amide bonds. The Balaban J connectivity index is 1.77. The van der Waals surface area contributed by atoms with Crippen molar-refractivity contribution in [2.45, 2.75) is 19.3 Å². The smallest absolute Gasteiger partial charge is 0.125 e. The maximum atomic E-state index is 12.8. The first-order chi connectivity index (χ1) is 8.25. The second-order valence-corrected chi connectivity index (χ2v) is 4.56. The molecular weight excluding hydrogens is 217 g/mol. The summed E-state index contributed by atoms with van der Waals surface area (Å²) in [4.78, 5) is 2.45. The lowest BCUT2D eigenvalue weighted by Crippen LogP contribution is -2.33. The predicted molar refractivity (Wildman–Crippen MR) is 69.6 cm³/mol. The molecule has 0 unspecified atom stereocenters. The van der Waals surface area contributed by atoms with Crippen LogP contribution in [0.15, 0.2) is 18.2 Å². The van der Waals surface area contributed by atoms with Gasteiger partial charge in [-0.2, -0.15) is 0 Å². The Kier molecular flexibility index (Phi) is 4.20. The molecule has 3 N–H and O–H groups in total. The SMILES string of the molecule is Nc1cc(F)ccc1NCCN1CCCCC1. The molecule has 0 aliphatic carbocycles. The molecule has 1 fully saturated rings. The summed E-state index contributed by atoms with van der Waals surface area (Å²) >= 11 is 0. The number of hydrogen-bond donors (Lipinski definition) is 2. The predicted octanol–water partition coefficient (Wildman–Crippen LogP) is 2.31. The van der Waals surface area contributed by atoms with Gasteiger partial charge < -0.3 is 16.0 Å². The van der Waals surface area contributed by atoms with Crippen LogP contribution in [0.1, 0.15) is 19.3 Å². The molecule has 4 heteroatoms. The van der Waals surface area contributed by atoms with Gasteiger partial charge in [0.2, 0.25) is 0 Å². The van der Waals surface area contributed by atoms with Gasteiger partial charge in [-0.3, -0.25) is 0 Å². The van der Waals surface area contributed by atoms with Crippen molar-refractivity contribution in [3.05, 3.63) is 24.0 Å². The number of nitrogens with one attached hydrogen (secondary N) is 1. The lowest BCUT2D eigenvalue weighted by molar-refractivity contribution is 0.237. The van der Waals surface area contributed by atoms with Crippen molar-refractivity contribution in [1.29, 1.82) is 0 Å². The van der Waals surface area contributed by atoms with Gasteiger partial charge >= 0.3 is 0 Å². The van der Waals surface area contributed by atoms with E-state index in [4.69, 9.17) is 5.73 Å². The van der Waals surface area contributed by atoms with E-state index < -0.39 is 0 Å². The minimum absolute atomic E-state index is 0.288. The van der Waals surface area contributed by atoms with Crippen LogP contribution in [0.3, 0.4) is 0 Å². The van der Waals surface area contributed by atoms with E-state index in [0.29, 0.717) is 5.69 Å². The number of rotatable bonds is 4. The first-order valence-corrected chi connectivity index (χ1v) is 6.27. The lowest BCUT2D eigenvalue weighted by Gasteiger charge is -2.26. The molecule has 0 saturated carbocycles. The van der Waals surface area contributed by atoms with Crippen molar-refractivity contribution < 1.29 is 4.39 Å². The van der Waals surface area contributed by atoms with E-state index >= 15 is 0 Å². The fourth-order valence-electron chi connectivity index (χ4n) is 2.23. The topological polar surface area (TPSA) is 41.3 Å². The first kappa shape index (κ1) is 12.2. The van der Waals surface area contributed by atoms with Gasteiger partial charge in [-0.25, -0.2) is 4.39 Å². The van der Waals surface area contributed by atoms with Crippen molar-refractivity contribution in [2.75, 3.05) is 37.2 Å². The maximum Gasteiger partial charge on any atom is 0.125 e. The number of likely N-dealkylation sites (tertiary alicyclic amines) is 1. The largest absolute Gasteiger partial charge is 0.397 e. The molecule has 1 aromatic rings. The quantitative estimate of drug-likeness (QED) is 0.790. The van der Waals surface area contributed by atoms with E-state index in [9.17, 15) is 4.39 Å². The average Bonchev–Trinajstić information content (AvgIpc) is 2.33. The molecule has 0 radical (unpaired) electrons. The van der Waals surface area contributed by atoms with Gasteiger partial charge in [0.05, 0.1) is 11.4 Å². The average molecular weight is 237 g/mol. The number of nitrogen functional groups attached to an aromatic ring is 1. The summed E-state index contributed by atoms with van der Waals surface area (Å²) in [7, 11) is 0. The summed E-state index contributed by atoms with van der Waals surface area (Å²) in [6.07, 6.45) is 3.96. The van der Waals surface area contributed by atoms with Crippen LogP contribution in [0.5, 0.6) is 0 Å². The second kappa shape index (κ2) is 5.87. The molecule has 3 nitrogen and oxygen atoms in total. The highest BCUT2D eigenvalue weighted by Gasteiger charge is 2.09. The van der Waals surface area contributed by atoms with E-state index in [1.807, 2.05) is 0 Å². The highest BCUT2D eigenvalue weighted by molar-refractivity contribution is 5.65. The molecule has 1 aliphatic rings. The van der Waals surface area contributed by atoms with E-state index in [1.54, 1.807) is 6.07 Å². The molecule has 1 saturated heterocycles. The summed E-state index contributed by atoms with van der Waals surface area (Å²) in [5.41, 5.74) is 7.02. The van der Waals surface area contributed by atoms with Crippen LogP contribution in [0.2, 0.25) is 0 Å². The number of hydrogen-bond acceptors (Lipinski definition) is 3. The van der Waals surface area contributed by atoms with Crippen LogP contribution in [0, 0.1) is 5.82 Å². The molecule has 1 heterocycles. The first-order valence-electron chi connectivity index (χ1n) is 6.27. The molecule has 0 bridgehead atoms. The number of piperidine rings is 1. The van der Waals surface area contributed by atoms with Crippen LogP contribution >= 0.6 is 0 Å². The summed E-state index contributed by atoms with van der Waals surface area (Å²) < 4.78 is 12.8. The van der Waals surface area contributed by atoms with E-state index in [1.165, 1.54) is 44.5 Å². The Hall–Kier alpha value is -1.29. The zero-order chi connectivity index (χ0) is 12.1. The zero-order valence-electron chi connectivity index (χ0n) is 10.1. The Morgan fingerprint density at radius 3 is 2.71 bits per heavy atom. The van der Waals surface area contributed by atoms with Crippen molar-refractivity contribution in [3.63, 3.8) is 0 Å². The third-order valence-corrected chi connectivity index (χ3v) is 3.21. The number of anilines is 2. The Labute approximate surface area is 102 Å². The van der Waals surface area contributed by atoms with Crippen molar-refractivity contribution in [2.24, 2.45) is 0 Å². The maximum absolute atomic E-state index is 12.8. The fraction of sp³-hybridized carbons (Fsp3) is 0.538. The lowest BCUT2D eigenvalue weighted by atomic mass is 10.1. The molecule has 0 aromatic heterocycles. The molecule has 1 aliphatic heterocycles. The van der Waals surface area contributed by atoms with Crippen LogP contribution in [0.25, 0.3) is 0 Å². The Morgan fingerprint density at radius 1 is 1.24 bits per heavy atom. The molecule has 0 atom stereocenters. The molecule has 1 aromatic carbocycles. The number of nitrogens with two attached hydrogens (primary N) is 1. The normalized spacial score (nSPS) is 17.0. The van der Waals surface area contributed by atoms with E-state index in [0.717, 1.165) is 18.8 Å². The van der Waals surface area contributed by atoms with Crippen molar-refractivity contribution in [3.8, 4) is 0 Å². The zero-order valence-corrected chi connectivity index (χ0v) is 10.1. The number of benzene rings is 1. The second-order valence-electron chi connectivity index (χ2n) is 4.56.